The molecule has 0 saturated heterocycles. The highest BCUT2D eigenvalue weighted by Gasteiger charge is 2.19. The van der Waals surface area contributed by atoms with Crippen molar-refractivity contribution in [2.24, 2.45) is 0 Å². The average molecular weight is 301 g/mol. The SMILES string of the molecule is OCCCC(O)Cc1cc(Br)cc2c1OCC2. The topological polar surface area (TPSA) is 49.7 Å². The summed E-state index contributed by atoms with van der Waals surface area (Å²) in [7, 11) is 0. The zero-order valence-electron chi connectivity index (χ0n) is 9.66. The molecule has 1 unspecified atom stereocenters. The van der Waals surface area contributed by atoms with Gasteiger partial charge in [-0.1, -0.05) is 15.9 Å². The van der Waals surface area contributed by atoms with Crippen LogP contribution in [0.1, 0.15) is 24.0 Å². The van der Waals surface area contributed by atoms with Crippen molar-refractivity contribution in [3.05, 3.63) is 27.7 Å². The summed E-state index contributed by atoms with van der Waals surface area (Å²) in [5, 5.41) is 18.6. The molecule has 3 nitrogen and oxygen atoms in total. The number of halogens is 1. The van der Waals surface area contributed by atoms with E-state index in [9.17, 15) is 5.11 Å². The Hall–Kier alpha value is -0.580. The molecular formula is C13H17BrO3. The molecule has 0 aromatic heterocycles. The summed E-state index contributed by atoms with van der Waals surface area (Å²) >= 11 is 3.48. The van der Waals surface area contributed by atoms with Crippen molar-refractivity contribution in [1.29, 1.82) is 0 Å². The molecule has 0 saturated carbocycles. The second-order valence-corrected chi connectivity index (χ2v) is 5.29. The van der Waals surface area contributed by atoms with Gasteiger partial charge in [-0.15, -0.1) is 0 Å². The Morgan fingerprint density at radius 3 is 3.00 bits per heavy atom. The molecule has 1 aliphatic heterocycles. The van der Waals surface area contributed by atoms with Gasteiger partial charge in [0.25, 0.3) is 0 Å². The van der Waals surface area contributed by atoms with E-state index in [1.165, 1.54) is 5.56 Å². The Balaban J connectivity index is 2.10. The number of hydrogen-bond donors (Lipinski definition) is 2. The maximum atomic E-state index is 9.87. The number of aliphatic hydroxyl groups excluding tert-OH is 2. The van der Waals surface area contributed by atoms with Gasteiger partial charge < -0.3 is 14.9 Å². The number of fused-ring (bicyclic) bond motifs is 1. The normalized spacial score (nSPS) is 15.5. The van der Waals surface area contributed by atoms with Gasteiger partial charge in [-0.05, 0) is 36.1 Å². The molecule has 4 heteroatoms. The lowest BCUT2D eigenvalue weighted by atomic mass is 10.0. The van der Waals surface area contributed by atoms with Crippen molar-refractivity contribution < 1.29 is 14.9 Å². The molecular weight excluding hydrogens is 284 g/mol. The van der Waals surface area contributed by atoms with Crippen LogP contribution in [-0.4, -0.2) is 29.5 Å². The highest BCUT2D eigenvalue weighted by atomic mass is 79.9. The Labute approximate surface area is 110 Å². The summed E-state index contributed by atoms with van der Waals surface area (Å²) in [6, 6.07) is 4.08. The van der Waals surface area contributed by atoms with Crippen LogP contribution in [0.25, 0.3) is 0 Å². The Bertz CT molecular complexity index is 392. The predicted octanol–water partition coefficient (Wildman–Crippen LogP) is 2.06. The standard InChI is InChI=1S/C13H17BrO3/c14-11-6-9-3-5-17-13(9)10(7-11)8-12(16)2-1-4-15/h6-7,12,15-16H,1-5,8H2. The third-order valence-corrected chi connectivity index (χ3v) is 3.43. The van der Waals surface area contributed by atoms with Crippen LogP contribution in [0, 0.1) is 0 Å². The minimum absolute atomic E-state index is 0.129. The molecule has 0 bridgehead atoms. The van der Waals surface area contributed by atoms with E-state index in [1.54, 1.807) is 0 Å². The summed E-state index contributed by atoms with van der Waals surface area (Å²) < 4.78 is 6.64. The molecule has 0 fully saturated rings. The van der Waals surface area contributed by atoms with E-state index in [1.807, 2.05) is 6.07 Å². The summed E-state index contributed by atoms with van der Waals surface area (Å²) in [6.07, 6.45) is 2.37. The van der Waals surface area contributed by atoms with Gasteiger partial charge in [0, 0.05) is 23.9 Å². The molecule has 1 atom stereocenters. The molecule has 1 aliphatic rings. The maximum Gasteiger partial charge on any atom is 0.125 e. The van der Waals surface area contributed by atoms with Gasteiger partial charge in [0.15, 0.2) is 0 Å². The third kappa shape index (κ3) is 3.21. The van der Waals surface area contributed by atoms with Crippen LogP contribution >= 0.6 is 15.9 Å². The summed E-state index contributed by atoms with van der Waals surface area (Å²) in [5.41, 5.74) is 2.26. The van der Waals surface area contributed by atoms with Crippen molar-refractivity contribution in [3.8, 4) is 5.75 Å². The molecule has 2 rings (SSSR count). The van der Waals surface area contributed by atoms with Crippen LogP contribution in [0.4, 0.5) is 0 Å². The van der Waals surface area contributed by atoms with E-state index >= 15 is 0 Å². The van der Waals surface area contributed by atoms with E-state index in [2.05, 4.69) is 22.0 Å². The molecule has 94 valence electrons. The highest BCUT2D eigenvalue weighted by Crippen LogP contribution is 2.33. The van der Waals surface area contributed by atoms with E-state index < -0.39 is 6.10 Å². The summed E-state index contributed by atoms with van der Waals surface area (Å²) in [6.45, 7) is 0.857. The van der Waals surface area contributed by atoms with Gasteiger partial charge in [-0.3, -0.25) is 0 Å². The smallest absolute Gasteiger partial charge is 0.125 e. The second kappa shape index (κ2) is 5.85. The quantitative estimate of drug-likeness (QED) is 0.875. The van der Waals surface area contributed by atoms with Gasteiger partial charge in [-0.25, -0.2) is 0 Å². The van der Waals surface area contributed by atoms with Gasteiger partial charge >= 0.3 is 0 Å². The molecule has 0 aliphatic carbocycles. The van der Waals surface area contributed by atoms with E-state index in [0.717, 1.165) is 28.8 Å². The minimum atomic E-state index is -0.412. The van der Waals surface area contributed by atoms with Crippen molar-refractivity contribution >= 4 is 15.9 Å². The Morgan fingerprint density at radius 2 is 2.24 bits per heavy atom. The highest BCUT2D eigenvalue weighted by molar-refractivity contribution is 9.10. The minimum Gasteiger partial charge on any atom is -0.493 e. The van der Waals surface area contributed by atoms with Crippen LogP contribution in [0.2, 0.25) is 0 Å². The first-order valence-electron chi connectivity index (χ1n) is 5.93. The number of ether oxygens (including phenoxy) is 1. The molecule has 2 N–H and O–H groups in total. The fraction of sp³-hybridized carbons (Fsp3) is 0.538. The average Bonchev–Trinajstić information content (AvgIpc) is 2.74. The number of aliphatic hydroxyl groups is 2. The molecule has 0 spiro atoms. The predicted molar refractivity (Wildman–Crippen MR) is 69.4 cm³/mol. The van der Waals surface area contributed by atoms with Crippen molar-refractivity contribution in [1.82, 2.24) is 0 Å². The first-order chi connectivity index (χ1) is 8.20. The monoisotopic (exact) mass is 300 g/mol. The van der Waals surface area contributed by atoms with E-state index in [-0.39, 0.29) is 6.61 Å². The van der Waals surface area contributed by atoms with Crippen LogP contribution in [-0.2, 0) is 12.8 Å². The lowest BCUT2D eigenvalue weighted by Gasteiger charge is -2.13. The first-order valence-corrected chi connectivity index (χ1v) is 6.73. The van der Waals surface area contributed by atoms with Gasteiger partial charge in [0.1, 0.15) is 5.75 Å². The summed E-state index contributed by atoms with van der Waals surface area (Å²) in [4.78, 5) is 0. The molecule has 0 radical (unpaired) electrons. The third-order valence-electron chi connectivity index (χ3n) is 2.98. The van der Waals surface area contributed by atoms with Crippen LogP contribution in [0.5, 0.6) is 5.75 Å². The lowest BCUT2D eigenvalue weighted by molar-refractivity contribution is 0.149. The Morgan fingerprint density at radius 1 is 1.41 bits per heavy atom. The van der Waals surface area contributed by atoms with Crippen molar-refractivity contribution in [3.63, 3.8) is 0 Å². The lowest BCUT2D eigenvalue weighted by Crippen LogP contribution is -2.11. The zero-order chi connectivity index (χ0) is 12.3. The van der Waals surface area contributed by atoms with Gasteiger partial charge in [0.2, 0.25) is 0 Å². The van der Waals surface area contributed by atoms with Crippen LogP contribution in [0.15, 0.2) is 16.6 Å². The fourth-order valence-electron chi connectivity index (χ4n) is 2.18. The molecule has 0 amide bonds. The van der Waals surface area contributed by atoms with E-state index in [0.29, 0.717) is 19.3 Å². The maximum absolute atomic E-state index is 9.87. The van der Waals surface area contributed by atoms with E-state index in [4.69, 9.17) is 9.84 Å². The van der Waals surface area contributed by atoms with Gasteiger partial charge in [0.05, 0.1) is 12.7 Å². The van der Waals surface area contributed by atoms with Crippen LogP contribution < -0.4 is 4.74 Å². The van der Waals surface area contributed by atoms with Crippen molar-refractivity contribution in [2.45, 2.75) is 31.8 Å². The number of benzene rings is 1. The molecule has 1 aromatic rings. The molecule has 1 aromatic carbocycles. The zero-order valence-corrected chi connectivity index (χ0v) is 11.2. The number of hydrogen-bond acceptors (Lipinski definition) is 3. The first kappa shape index (κ1) is 12.9. The summed E-state index contributed by atoms with van der Waals surface area (Å²) in [5.74, 6) is 0.941. The largest absolute Gasteiger partial charge is 0.493 e. The number of rotatable bonds is 5. The van der Waals surface area contributed by atoms with Gasteiger partial charge in [-0.2, -0.15) is 0 Å². The fourth-order valence-corrected chi connectivity index (χ4v) is 2.73. The molecule has 1 heterocycles. The van der Waals surface area contributed by atoms with Crippen molar-refractivity contribution in [2.75, 3.05) is 13.2 Å². The van der Waals surface area contributed by atoms with Crippen LogP contribution in [0.3, 0.4) is 0 Å². The molecule has 17 heavy (non-hydrogen) atoms. The Kier molecular flexibility index (Phi) is 4.42. The second-order valence-electron chi connectivity index (χ2n) is 4.38.